The summed E-state index contributed by atoms with van der Waals surface area (Å²) in [5.74, 6) is 1.33. The molecule has 8 heteroatoms. The van der Waals surface area contributed by atoms with Crippen LogP contribution in [0.4, 0.5) is 4.39 Å². The second-order valence-electron chi connectivity index (χ2n) is 7.78. The van der Waals surface area contributed by atoms with Gasteiger partial charge in [-0.2, -0.15) is 5.10 Å². The molecule has 0 unspecified atom stereocenters. The summed E-state index contributed by atoms with van der Waals surface area (Å²) >= 11 is 0. The van der Waals surface area contributed by atoms with Crippen molar-refractivity contribution >= 4 is 5.91 Å². The van der Waals surface area contributed by atoms with Gasteiger partial charge in [-0.3, -0.25) is 9.36 Å². The fraction of sp³-hybridized carbons (Fsp3) is 0.348. The van der Waals surface area contributed by atoms with E-state index in [0.29, 0.717) is 31.9 Å². The van der Waals surface area contributed by atoms with E-state index in [4.69, 9.17) is 4.74 Å². The predicted molar refractivity (Wildman–Crippen MR) is 114 cm³/mol. The quantitative estimate of drug-likeness (QED) is 0.660. The van der Waals surface area contributed by atoms with Crippen LogP contribution in [0.2, 0.25) is 0 Å². The van der Waals surface area contributed by atoms with Crippen molar-refractivity contribution in [2.45, 2.75) is 31.7 Å². The van der Waals surface area contributed by atoms with Crippen LogP contribution in [0.25, 0.3) is 0 Å². The predicted octanol–water partition coefficient (Wildman–Crippen LogP) is 2.72. The first-order chi connectivity index (χ1) is 15.0. The second kappa shape index (κ2) is 9.16. The first-order valence-corrected chi connectivity index (χ1v) is 10.3. The zero-order valence-corrected chi connectivity index (χ0v) is 17.4. The molecule has 3 aromatic rings. The van der Waals surface area contributed by atoms with E-state index in [-0.39, 0.29) is 23.3 Å². The molecule has 0 aliphatic carbocycles. The summed E-state index contributed by atoms with van der Waals surface area (Å²) in [6, 6.07) is 13.6. The van der Waals surface area contributed by atoms with Crippen LogP contribution >= 0.6 is 0 Å². The SMILES string of the molecule is COc1ccc(CC(=O)N2CCC(c3n[nH]c(=O)n3Cc3ccc(F)cc3)CC2)cc1. The molecular weight excluding hydrogens is 399 g/mol. The number of benzene rings is 2. The minimum Gasteiger partial charge on any atom is -0.497 e. The van der Waals surface area contributed by atoms with Crippen LogP contribution in [-0.4, -0.2) is 45.8 Å². The van der Waals surface area contributed by atoms with Crippen LogP contribution in [0, 0.1) is 5.82 Å². The molecule has 0 spiro atoms. The summed E-state index contributed by atoms with van der Waals surface area (Å²) < 4.78 is 19.9. The van der Waals surface area contributed by atoms with Gasteiger partial charge in [0.25, 0.3) is 0 Å². The molecule has 1 aromatic heterocycles. The number of hydrogen-bond acceptors (Lipinski definition) is 4. The number of methoxy groups -OCH3 is 1. The van der Waals surface area contributed by atoms with Gasteiger partial charge in [-0.25, -0.2) is 14.3 Å². The normalized spacial score (nSPS) is 14.6. The minimum atomic E-state index is -0.310. The maximum atomic E-state index is 13.2. The molecular formula is C23H25FN4O3. The first kappa shape index (κ1) is 20.8. The van der Waals surface area contributed by atoms with Gasteiger partial charge >= 0.3 is 5.69 Å². The van der Waals surface area contributed by atoms with Crippen molar-refractivity contribution in [3.8, 4) is 5.75 Å². The molecule has 2 heterocycles. The molecule has 1 aliphatic heterocycles. The Morgan fingerprint density at radius 2 is 1.74 bits per heavy atom. The molecule has 7 nitrogen and oxygen atoms in total. The Balaban J connectivity index is 1.38. The topological polar surface area (TPSA) is 80.2 Å². The summed E-state index contributed by atoms with van der Waals surface area (Å²) in [6.45, 7) is 1.58. The van der Waals surface area contributed by atoms with Crippen LogP contribution in [-0.2, 0) is 17.8 Å². The van der Waals surface area contributed by atoms with E-state index in [9.17, 15) is 14.0 Å². The van der Waals surface area contributed by atoms with Crippen molar-refractivity contribution in [2.24, 2.45) is 0 Å². The summed E-state index contributed by atoms with van der Waals surface area (Å²) in [5.41, 5.74) is 1.50. The highest BCUT2D eigenvalue weighted by molar-refractivity contribution is 5.78. The van der Waals surface area contributed by atoms with E-state index in [1.54, 1.807) is 23.8 Å². The molecule has 1 N–H and O–H groups in total. The fourth-order valence-electron chi connectivity index (χ4n) is 3.98. The number of piperidine rings is 1. The van der Waals surface area contributed by atoms with E-state index in [2.05, 4.69) is 10.2 Å². The smallest absolute Gasteiger partial charge is 0.343 e. The van der Waals surface area contributed by atoms with Gasteiger partial charge in [0.05, 0.1) is 20.1 Å². The molecule has 0 saturated carbocycles. The van der Waals surface area contributed by atoms with Crippen LogP contribution < -0.4 is 10.4 Å². The van der Waals surface area contributed by atoms with E-state index in [0.717, 1.165) is 29.7 Å². The molecule has 0 bridgehead atoms. The zero-order chi connectivity index (χ0) is 21.8. The van der Waals surface area contributed by atoms with Crippen LogP contribution in [0.1, 0.15) is 35.7 Å². The molecule has 1 aliphatic rings. The van der Waals surface area contributed by atoms with Crippen molar-refractivity contribution in [1.29, 1.82) is 0 Å². The number of nitrogens with one attached hydrogen (secondary N) is 1. The zero-order valence-electron chi connectivity index (χ0n) is 17.4. The maximum absolute atomic E-state index is 13.2. The average Bonchev–Trinajstić information content (AvgIpc) is 3.16. The van der Waals surface area contributed by atoms with Crippen molar-refractivity contribution in [3.63, 3.8) is 0 Å². The number of nitrogens with zero attached hydrogens (tertiary/aromatic N) is 3. The summed E-state index contributed by atoms with van der Waals surface area (Å²) in [6.07, 6.45) is 1.83. The molecule has 1 amide bonds. The van der Waals surface area contributed by atoms with Crippen LogP contribution in [0.3, 0.4) is 0 Å². The minimum absolute atomic E-state index is 0.0874. The van der Waals surface area contributed by atoms with Gasteiger partial charge in [-0.15, -0.1) is 0 Å². The molecule has 0 atom stereocenters. The largest absolute Gasteiger partial charge is 0.497 e. The average molecular weight is 424 g/mol. The number of H-pyrrole nitrogens is 1. The van der Waals surface area contributed by atoms with Crippen molar-refractivity contribution < 1.29 is 13.9 Å². The van der Waals surface area contributed by atoms with Gasteiger partial charge in [0.15, 0.2) is 0 Å². The molecule has 0 radical (unpaired) electrons. The van der Waals surface area contributed by atoms with Crippen LogP contribution in [0.5, 0.6) is 5.75 Å². The number of rotatable bonds is 6. The van der Waals surface area contributed by atoms with Gasteiger partial charge in [-0.05, 0) is 48.2 Å². The lowest BCUT2D eigenvalue weighted by Gasteiger charge is -2.31. The van der Waals surface area contributed by atoms with Crippen molar-refractivity contribution in [2.75, 3.05) is 20.2 Å². The number of hydrogen-bond donors (Lipinski definition) is 1. The van der Waals surface area contributed by atoms with Gasteiger partial charge in [0.2, 0.25) is 5.91 Å². The highest BCUT2D eigenvalue weighted by Crippen LogP contribution is 2.27. The fourth-order valence-corrected chi connectivity index (χ4v) is 3.98. The Morgan fingerprint density at radius 1 is 1.10 bits per heavy atom. The van der Waals surface area contributed by atoms with Crippen molar-refractivity contribution in [1.82, 2.24) is 19.7 Å². The van der Waals surface area contributed by atoms with Gasteiger partial charge in [0, 0.05) is 19.0 Å². The number of ether oxygens (including phenoxy) is 1. The molecule has 1 saturated heterocycles. The Kier molecular flexibility index (Phi) is 6.16. The second-order valence-corrected chi connectivity index (χ2v) is 7.78. The lowest BCUT2D eigenvalue weighted by Crippen LogP contribution is -2.39. The molecule has 4 rings (SSSR count). The van der Waals surface area contributed by atoms with E-state index in [1.165, 1.54) is 12.1 Å². The Bertz CT molecular complexity index is 1080. The highest BCUT2D eigenvalue weighted by atomic mass is 19.1. The Labute approximate surface area is 179 Å². The summed E-state index contributed by atoms with van der Waals surface area (Å²) in [5, 5.41) is 6.78. The lowest BCUT2D eigenvalue weighted by atomic mass is 9.95. The molecule has 2 aromatic carbocycles. The molecule has 31 heavy (non-hydrogen) atoms. The third-order valence-corrected chi connectivity index (χ3v) is 5.77. The standard InChI is InChI=1S/C23H25FN4O3/c1-31-20-8-4-16(5-9-20)14-21(29)27-12-10-18(11-13-27)22-25-26-23(30)28(22)15-17-2-6-19(24)7-3-17/h2-9,18H,10-15H2,1H3,(H,26,30). The van der Waals surface area contributed by atoms with Gasteiger partial charge < -0.3 is 9.64 Å². The van der Waals surface area contributed by atoms with Gasteiger partial charge in [-0.1, -0.05) is 24.3 Å². The number of carbonyl (C=O) groups is 1. The Hall–Kier alpha value is -3.42. The summed E-state index contributed by atoms with van der Waals surface area (Å²) in [7, 11) is 1.61. The molecule has 1 fully saturated rings. The van der Waals surface area contributed by atoms with Crippen LogP contribution in [0.15, 0.2) is 53.3 Å². The lowest BCUT2D eigenvalue weighted by molar-refractivity contribution is -0.131. The number of amides is 1. The molecule has 162 valence electrons. The van der Waals surface area contributed by atoms with Crippen molar-refractivity contribution in [3.05, 3.63) is 81.8 Å². The van der Waals surface area contributed by atoms with E-state index in [1.807, 2.05) is 29.2 Å². The number of aromatic nitrogens is 3. The monoisotopic (exact) mass is 424 g/mol. The van der Waals surface area contributed by atoms with Gasteiger partial charge in [0.1, 0.15) is 17.4 Å². The number of likely N-dealkylation sites (tertiary alicyclic amines) is 1. The van der Waals surface area contributed by atoms with E-state index >= 15 is 0 Å². The third kappa shape index (κ3) is 4.84. The highest BCUT2D eigenvalue weighted by Gasteiger charge is 2.27. The summed E-state index contributed by atoms with van der Waals surface area (Å²) in [4.78, 5) is 26.8. The third-order valence-electron chi connectivity index (χ3n) is 5.77. The Morgan fingerprint density at radius 3 is 2.39 bits per heavy atom. The first-order valence-electron chi connectivity index (χ1n) is 10.3. The number of aromatic amines is 1. The number of halogens is 1. The van der Waals surface area contributed by atoms with E-state index < -0.39 is 0 Å². The maximum Gasteiger partial charge on any atom is 0.343 e. The number of carbonyl (C=O) groups excluding carboxylic acids is 1.